The van der Waals surface area contributed by atoms with E-state index in [4.69, 9.17) is 9.47 Å². The monoisotopic (exact) mass is 336 g/mol. The van der Waals surface area contributed by atoms with Crippen LogP contribution in [0.25, 0.3) is 0 Å². The van der Waals surface area contributed by atoms with E-state index in [0.29, 0.717) is 0 Å². The van der Waals surface area contributed by atoms with Gasteiger partial charge in [-0.05, 0) is 52.2 Å². The van der Waals surface area contributed by atoms with Gasteiger partial charge in [0.2, 0.25) is 0 Å². The van der Waals surface area contributed by atoms with E-state index >= 15 is 0 Å². The number of nitro benzene ring substituents is 1. The summed E-state index contributed by atoms with van der Waals surface area (Å²) in [7, 11) is 0. The van der Waals surface area contributed by atoms with Gasteiger partial charge in [-0.25, -0.2) is 9.59 Å². The lowest BCUT2D eigenvalue weighted by Gasteiger charge is -2.25. The van der Waals surface area contributed by atoms with Crippen molar-refractivity contribution in [3.8, 4) is 0 Å². The number of ether oxygens (including phenoxy) is 2. The fraction of sp³-hybridized carbons (Fsp3) is 0.500. The molecule has 0 unspecified atom stereocenters. The van der Waals surface area contributed by atoms with Crippen LogP contribution in [0, 0.1) is 10.1 Å². The van der Waals surface area contributed by atoms with E-state index in [2.05, 4.69) is 5.32 Å². The Labute approximate surface area is 139 Å². The molecule has 0 spiro atoms. The normalized spacial score (nSPS) is 14.5. The van der Waals surface area contributed by atoms with E-state index in [0.717, 1.165) is 25.3 Å². The molecule has 1 aromatic rings. The zero-order valence-corrected chi connectivity index (χ0v) is 13.8. The Morgan fingerprint density at radius 2 is 1.96 bits per heavy atom. The molecule has 1 fully saturated rings. The third kappa shape index (κ3) is 4.68. The Kier molecular flexibility index (Phi) is 5.06. The first-order valence-electron chi connectivity index (χ1n) is 7.65. The number of rotatable bonds is 4. The van der Waals surface area contributed by atoms with Crippen molar-refractivity contribution < 1.29 is 24.0 Å². The number of hydrogen-bond donors (Lipinski definition) is 1. The molecular formula is C16H20N2O6. The third-order valence-electron chi connectivity index (χ3n) is 3.39. The van der Waals surface area contributed by atoms with Gasteiger partial charge in [-0.2, -0.15) is 0 Å². The number of carbonyl (C=O) groups excluding carboxylic acids is 2. The first-order valence-corrected chi connectivity index (χ1v) is 7.65. The van der Waals surface area contributed by atoms with E-state index in [9.17, 15) is 19.7 Å². The van der Waals surface area contributed by atoms with Gasteiger partial charge in [0.05, 0.1) is 10.5 Å². The Bertz CT molecular complexity index is 661. The number of carbonyl (C=O) groups is 2. The average molecular weight is 336 g/mol. The van der Waals surface area contributed by atoms with Gasteiger partial charge >= 0.3 is 12.1 Å². The average Bonchev–Trinajstić information content (AvgIpc) is 2.40. The number of hydrogen-bond acceptors (Lipinski definition) is 6. The van der Waals surface area contributed by atoms with Gasteiger partial charge in [-0.3, -0.25) is 15.4 Å². The van der Waals surface area contributed by atoms with Crippen molar-refractivity contribution in [2.24, 2.45) is 0 Å². The van der Waals surface area contributed by atoms with Crippen LogP contribution >= 0.6 is 0 Å². The Balaban J connectivity index is 2.19. The standard InChI is InChI=1S/C16H20N2O6/c1-16(2,3)24-15(20)17-12-9-10(7-8-13(12)18(21)22)14(19)23-11-5-4-6-11/h7-9,11H,4-6H2,1-3H3,(H,17,20). The van der Waals surface area contributed by atoms with Crippen LogP contribution in [0.3, 0.4) is 0 Å². The zero-order valence-electron chi connectivity index (χ0n) is 13.8. The van der Waals surface area contributed by atoms with E-state index in [1.807, 2.05) is 0 Å². The summed E-state index contributed by atoms with van der Waals surface area (Å²) in [5, 5.41) is 13.4. The molecule has 8 heteroatoms. The van der Waals surface area contributed by atoms with Crippen LogP contribution in [-0.2, 0) is 9.47 Å². The third-order valence-corrected chi connectivity index (χ3v) is 3.39. The molecule has 0 aromatic heterocycles. The van der Waals surface area contributed by atoms with E-state index in [-0.39, 0.29) is 23.0 Å². The Morgan fingerprint density at radius 3 is 2.46 bits per heavy atom. The fourth-order valence-electron chi connectivity index (χ4n) is 2.04. The minimum Gasteiger partial charge on any atom is -0.459 e. The quantitative estimate of drug-likeness (QED) is 0.511. The summed E-state index contributed by atoms with van der Waals surface area (Å²) >= 11 is 0. The smallest absolute Gasteiger partial charge is 0.412 e. The number of nitrogens with one attached hydrogen (secondary N) is 1. The Morgan fingerprint density at radius 1 is 1.29 bits per heavy atom. The van der Waals surface area contributed by atoms with Gasteiger partial charge in [0.25, 0.3) is 5.69 Å². The van der Waals surface area contributed by atoms with Crippen LogP contribution in [0.2, 0.25) is 0 Å². The molecule has 1 saturated carbocycles. The molecule has 1 aromatic carbocycles. The number of anilines is 1. The summed E-state index contributed by atoms with van der Waals surface area (Å²) in [5.41, 5.74) is -1.06. The number of nitrogens with zero attached hydrogens (tertiary/aromatic N) is 1. The van der Waals surface area contributed by atoms with Crippen LogP contribution in [0.15, 0.2) is 18.2 Å². The number of nitro groups is 1. The van der Waals surface area contributed by atoms with Gasteiger partial charge in [0.1, 0.15) is 17.4 Å². The Hall–Kier alpha value is -2.64. The van der Waals surface area contributed by atoms with Crippen molar-refractivity contribution >= 4 is 23.4 Å². The largest absolute Gasteiger partial charge is 0.459 e. The molecule has 0 bridgehead atoms. The van der Waals surface area contributed by atoms with Gasteiger partial charge in [0.15, 0.2) is 0 Å². The van der Waals surface area contributed by atoms with Crippen molar-refractivity contribution in [2.75, 3.05) is 5.32 Å². The predicted molar refractivity (Wildman–Crippen MR) is 86.0 cm³/mol. The molecular weight excluding hydrogens is 316 g/mol. The summed E-state index contributed by atoms with van der Waals surface area (Å²) < 4.78 is 10.3. The lowest BCUT2D eigenvalue weighted by molar-refractivity contribution is -0.383. The van der Waals surface area contributed by atoms with Crippen LogP contribution in [-0.4, -0.2) is 28.7 Å². The second-order valence-corrected chi connectivity index (χ2v) is 6.57. The highest BCUT2D eigenvalue weighted by atomic mass is 16.6. The number of esters is 1. The van der Waals surface area contributed by atoms with Gasteiger partial charge in [0, 0.05) is 6.07 Å². The molecule has 0 atom stereocenters. The SMILES string of the molecule is CC(C)(C)OC(=O)Nc1cc(C(=O)OC2CCC2)ccc1[N+](=O)[O-]. The molecule has 0 aliphatic heterocycles. The minimum atomic E-state index is -0.838. The number of amides is 1. The van der Waals surface area contributed by atoms with Gasteiger partial charge < -0.3 is 9.47 Å². The molecule has 0 saturated heterocycles. The topological polar surface area (TPSA) is 108 Å². The maximum Gasteiger partial charge on any atom is 0.412 e. The highest BCUT2D eigenvalue weighted by Crippen LogP contribution is 2.28. The summed E-state index contributed by atoms with van der Waals surface area (Å²) in [6.45, 7) is 5.02. The van der Waals surface area contributed by atoms with Crippen LogP contribution in [0.5, 0.6) is 0 Å². The maximum absolute atomic E-state index is 12.1. The first-order chi connectivity index (χ1) is 11.2. The van der Waals surface area contributed by atoms with Crippen molar-refractivity contribution in [3.63, 3.8) is 0 Å². The lowest BCUT2D eigenvalue weighted by atomic mass is 9.96. The second kappa shape index (κ2) is 6.86. The van der Waals surface area contributed by atoms with Crippen LogP contribution < -0.4 is 5.32 Å². The minimum absolute atomic E-state index is 0.102. The molecule has 24 heavy (non-hydrogen) atoms. The van der Waals surface area contributed by atoms with E-state index in [1.54, 1.807) is 20.8 Å². The first kappa shape index (κ1) is 17.7. The highest BCUT2D eigenvalue weighted by Gasteiger charge is 2.25. The molecule has 8 nitrogen and oxygen atoms in total. The van der Waals surface area contributed by atoms with E-state index in [1.165, 1.54) is 12.1 Å². The molecule has 1 N–H and O–H groups in total. The maximum atomic E-state index is 12.1. The van der Waals surface area contributed by atoms with Gasteiger partial charge in [-0.15, -0.1) is 0 Å². The molecule has 1 aliphatic rings. The van der Waals surface area contributed by atoms with Crippen LogP contribution in [0.1, 0.15) is 50.4 Å². The van der Waals surface area contributed by atoms with E-state index < -0.39 is 22.6 Å². The van der Waals surface area contributed by atoms with Crippen molar-refractivity contribution in [2.45, 2.75) is 51.7 Å². The molecule has 0 radical (unpaired) electrons. The lowest BCUT2D eigenvalue weighted by Crippen LogP contribution is -2.27. The highest BCUT2D eigenvalue weighted by molar-refractivity contribution is 5.95. The molecule has 2 rings (SSSR count). The summed E-state index contributed by atoms with van der Waals surface area (Å²) in [5.74, 6) is -0.568. The summed E-state index contributed by atoms with van der Waals surface area (Å²) in [6.07, 6.45) is 1.72. The molecule has 1 amide bonds. The van der Waals surface area contributed by atoms with Gasteiger partial charge in [-0.1, -0.05) is 0 Å². The van der Waals surface area contributed by atoms with Crippen LogP contribution in [0.4, 0.5) is 16.2 Å². The zero-order chi connectivity index (χ0) is 17.9. The summed E-state index contributed by atoms with van der Waals surface area (Å²) in [4.78, 5) is 34.4. The fourth-order valence-corrected chi connectivity index (χ4v) is 2.04. The van der Waals surface area contributed by atoms with Crippen molar-refractivity contribution in [3.05, 3.63) is 33.9 Å². The molecule has 130 valence electrons. The second-order valence-electron chi connectivity index (χ2n) is 6.57. The van der Waals surface area contributed by atoms with Crippen molar-refractivity contribution in [1.82, 2.24) is 0 Å². The number of benzene rings is 1. The predicted octanol–water partition coefficient (Wildman–Crippen LogP) is 3.65. The van der Waals surface area contributed by atoms with Crippen molar-refractivity contribution in [1.29, 1.82) is 0 Å². The summed E-state index contributed by atoms with van der Waals surface area (Å²) in [6, 6.07) is 3.69. The molecule has 0 heterocycles. The molecule has 1 aliphatic carbocycles.